The second-order valence-electron chi connectivity index (χ2n) is 4.19. The standard InChI is InChI=1S/C13H14N4O3S/c1-2-21(19,20)9-8-13(18)15-12-10-14-17(16-12)11-6-4-3-5-7-11/h2-7,10H,1,8-9H2,(H,15,16,18). The molecule has 0 unspecified atom stereocenters. The summed E-state index contributed by atoms with van der Waals surface area (Å²) in [4.78, 5) is 13.0. The van der Waals surface area contributed by atoms with Gasteiger partial charge in [0, 0.05) is 11.8 Å². The van der Waals surface area contributed by atoms with Crippen molar-refractivity contribution in [1.82, 2.24) is 15.0 Å². The molecule has 2 aromatic rings. The topological polar surface area (TPSA) is 94.0 Å². The number of hydrogen-bond acceptors (Lipinski definition) is 5. The summed E-state index contributed by atoms with van der Waals surface area (Å²) in [6.07, 6.45) is 1.24. The SMILES string of the molecule is C=CS(=O)(=O)CCC(=O)Nc1cnn(-c2ccccc2)n1. The largest absolute Gasteiger partial charge is 0.308 e. The lowest BCUT2D eigenvalue weighted by Gasteiger charge is -2.01. The molecule has 1 aromatic carbocycles. The molecule has 0 saturated heterocycles. The van der Waals surface area contributed by atoms with Crippen molar-refractivity contribution in [3.05, 3.63) is 48.5 Å². The van der Waals surface area contributed by atoms with Crippen molar-refractivity contribution in [2.75, 3.05) is 11.1 Å². The Bertz CT molecular complexity index is 738. The fraction of sp³-hybridized carbons (Fsp3) is 0.154. The number of anilines is 1. The molecule has 1 aromatic heterocycles. The van der Waals surface area contributed by atoms with E-state index in [2.05, 4.69) is 22.1 Å². The molecule has 7 nitrogen and oxygen atoms in total. The Labute approximate surface area is 122 Å². The van der Waals surface area contributed by atoms with E-state index in [4.69, 9.17) is 0 Å². The predicted octanol–water partition coefficient (Wildman–Crippen LogP) is 1.15. The van der Waals surface area contributed by atoms with Gasteiger partial charge in [0.2, 0.25) is 5.91 Å². The van der Waals surface area contributed by atoms with E-state index in [-0.39, 0.29) is 18.0 Å². The van der Waals surface area contributed by atoms with E-state index < -0.39 is 15.7 Å². The van der Waals surface area contributed by atoms with Crippen LogP contribution in [0.4, 0.5) is 5.82 Å². The van der Waals surface area contributed by atoms with Crippen LogP contribution in [0.5, 0.6) is 0 Å². The maximum absolute atomic E-state index is 11.6. The lowest BCUT2D eigenvalue weighted by atomic mass is 10.3. The molecular weight excluding hydrogens is 292 g/mol. The normalized spacial score (nSPS) is 11.0. The number of para-hydroxylation sites is 1. The van der Waals surface area contributed by atoms with E-state index in [0.29, 0.717) is 0 Å². The van der Waals surface area contributed by atoms with Crippen LogP contribution in [0.25, 0.3) is 5.69 Å². The summed E-state index contributed by atoms with van der Waals surface area (Å²) in [7, 11) is -3.38. The summed E-state index contributed by atoms with van der Waals surface area (Å²) in [6, 6.07) is 9.20. The van der Waals surface area contributed by atoms with E-state index >= 15 is 0 Å². The highest BCUT2D eigenvalue weighted by atomic mass is 32.2. The van der Waals surface area contributed by atoms with Gasteiger partial charge in [-0.25, -0.2) is 8.42 Å². The third kappa shape index (κ3) is 4.25. The van der Waals surface area contributed by atoms with Gasteiger partial charge in [0.25, 0.3) is 0 Å². The molecule has 110 valence electrons. The van der Waals surface area contributed by atoms with Gasteiger partial charge in [0.1, 0.15) is 0 Å². The van der Waals surface area contributed by atoms with Crippen LogP contribution in [0.15, 0.2) is 48.5 Å². The zero-order valence-electron chi connectivity index (χ0n) is 11.1. The quantitative estimate of drug-likeness (QED) is 0.864. The molecule has 0 bridgehead atoms. The Morgan fingerprint density at radius 1 is 1.33 bits per heavy atom. The number of nitrogens with one attached hydrogen (secondary N) is 1. The fourth-order valence-corrected chi connectivity index (χ4v) is 2.17. The minimum atomic E-state index is -3.38. The van der Waals surface area contributed by atoms with Crippen molar-refractivity contribution in [1.29, 1.82) is 0 Å². The second-order valence-corrected chi connectivity index (χ2v) is 6.25. The summed E-state index contributed by atoms with van der Waals surface area (Å²) in [5.74, 6) is -0.463. The third-order valence-corrected chi connectivity index (χ3v) is 3.90. The molecule has 21 heavy (non-hydrogen) atoms. The summed E-state index contributed by atoms with van der Waals surface area (Å²) in [5.41, 5.74) is 0.757. The number of benzene rings is 1. The zero-order valence-corrected chi connectivity index (χ0v) is 12.0. The number of amides is 1. The van der Waals surface area contributed by atoms with Crippen LogP contribution in [-0.2, 0) is 14.6 Å². The van der Waals surface area contributed by atoms with E-state index in [1.807, 2.05) is 30.3 Å². The lowest BCUT2D eigenvalue weighted by molar-refractivity contribution is -0.115. The van der Waals surface area contributed by atoms with Crippen molar-refractivity contribution in [3.8, 4) is 5.69 Å². The summed E-state index contributed by atoms with van der Waals surface area (Å²) >= 11 is 0. The molecule has 2 rings (SSSR count). The Kier molecular flexibility index (Phi) is 4.49. The summed E-state index contributed by atoms with van der Waals surface area (Å²) in [5, 5.41) is 11.4. The highest BCUT2D eigenvalue weighted by molar-refractivity contribution is 7.94. The number of carbonyl (C=O) groups excluding carboxylic acids is 1. The number of sulfone groups is 1. The van der Waals surface area contributed by atoms with Gasteiger partial charge in [0.05, 0.1) is 17.6 Å². The van der Waals surface area contributed by atoms with Crippen molar-refractivity contribution in [2.24, 2.45) is 0 Å². The van der Waals surface area contributed by atoms with Crippen LogP contribution in [-0.4, -0.2) is 35.1 Å². The predicted molar refractivity (Wildman–Crippen MR) is 78.6 cm³/mol. The van der Waals surface area contributed by atoms with Gasteiger partial charge in [-0.15, -0.1) is 9.90 Å². The smallest absolute Gasteiger partial charge is 0.226 e. The maximum atomic E-state index is 11.6. The Morgan fingerprint density at radius 3 is 2.71 bits per heavy atom. The van der Waals surface area contributed by atoms with Gasteiger partial charge in [-0.05, 0) is 12.1 Å². The fourth-order valence-electron chi connectivity index (χ4n) is 1.53. The van der Waals surface area contributed by atoms with Gasteiger partial charge < -0.3 is 5.32 Å². The number of aromatic nitrogens is 3. The first-order chi connectivity index (χ1) is 10.00. The lowest BCUT2D eigenvalue weighted by Crippen LogP contribution is -2.16. The number of nitrogens with zero attached hydrogens (tertiary/aromatic N) is 3. The maximum Gasteiger partial charge on any atom is 0.226 e. The molecule has 0 aliphatic rings. The van der Waals surface area contributed by atoms with E-state index in [1.165, 1.54) is 11.0 Å². The number of hydrogen-bond donors (Lipinski definition) is 1. The van der Waals surface area contributed by atoms with Crippen LogP contribution in [0.2, 0.25) is 0 Å². The van der Waals surface area contributed by atoms with Crippen molar-refractivity contribution in [2.45, 2.75) is 6.42 Å². The minimum absolute atomic E-state index is 0.160. The van der Waals surface area contributed by atoms with Crippen LogP contribution in [0.1, 0.15) is 6.42 Å². The molecule has 0 spiro atoms. The second kappa shape index (κ2) is 6.31. The molecule has 1 N–H and O–H groups in total. The molecule has 0 atom stereocenters. The van der Waals surface area contributed by atoms with Crippen molar-refractivity contribution < 1.29 is 13.2 Å². The Balaban J connectivity index is 1.97. The van der Waals surface area contributed by atoms with Crippen LogP contribution in [0, 0.1) is 0 Å². The molecule has 0 aliphatic carbocycles. The Morgan fingerprint density at radius 2 is 2.05 bits per heavy atom. The minimum Gasteiger partial charge on any atom is -0.308 e. The highest BCUT2D eigenvalue weighted by Gasteiger charge is 2.11. The van der Waals surface area contributed by atoms with Gasteiger partial charge in [-0.3, -0.25) is 4.79 Å². The van der Waals surface area contributed by atoms with Gasteiger partial charge in [0.15, 0.2) is 15.7 Å². The zero-order chi connectivity index (χ0) is 15.3. The highest BCUT2D eigenvalue weighted by Crippen LogP contribution is 2.07. The molecule has 0 aliphatic heterocycles. The molecule has 1 heterocycles. The monoisotopic (exact) mass is 306 g/mol. The van der Waals surface area contributed by atoms with Crippen LogP contribution >= 0.6 is 0 Å². The molecular formula is C13H14N4O3S. The van der Waals surface area contributed by atoms with E-state index in [0.717, 1.165) is 11.1 Å². The van der Waals surface area contributed by atoms with Crippen LogP contribution < -0.4 is 5.32 Å². The Hall–Kier alpha value is -2.48. The summed E-state index contributed by atoms with van der Waals surface area (Å²) in [6.45, 7) is 3.19. The summed E-state index contributed by atoms with van der Waals surface area (Å²) < 4.78 is 22.4. The first-order valence-corrected chi connectivity index (χ1v) is 7.84. The molecule has 1 amide bonds. The van der Waals surface area contributed by atoms with E-state index in [1.54, 1.807) is 0 Å². The molecule has 8 heteroatoms. The van der Waals surface area contributed by atoms with Crippen molar-refractivity contribution >= 4 is 21.6 Å². The van der Waals surface area contributed by atoms with Crippen molar-refractivity contribution in [3.63, 3.8) is 0 Å². The van der Waals surface area contributed by atoms with Gasteiger partial charge in [-0.2, -0.15) is 5.10 Å². The van der Waals surface area contributed by atoms with Gasteiger partial charge in [-0.1, -0.05) is 24.8 Å². The first-order valence-electron chi connectivity index (χ1n) is 6.13. The number of rotatable bonds is 6. The van der Waals surface area contributed by atoms with Crippen LogP contribution in [0.3, 0.4) is 0 Å². The average Bonchev–Trinajstić information content (AvgIpc) is 2.95. The van der Waals surface area contributed by atoms with Gasteiger partial charge >= 0.3 is 0 Å². The number of carbonyl (C=O) groups is 1. The third-order valence-electron chi connectivity index (χ3n) is 2.61. The first kappa shape index (κ1) is 14.9. The molecule has 0 fully saturated rings. The van der Waals surface area contributed by atoms with E-state index in [9.17, 15) is 13.2 Å². The average molecular weight is 306 g/mol. The molecule has 0 saturated carbocycles. The molecule has 0 radical (unpaired) electrons.